The van der Waals surface area contributed by atoms with Crippen molar-refractivity contribution in [2.45, 2.75) is 13.5 Å². The van der Waals surface area contributed by atoms with Gasteiger partial charge in [-0.05, 0) is 25.1 Å². The van der Waals surface area contributed by atoms with Crippen molar-refractivity contribution in [1.82, 2.24) is 10.3 Å². The van der Waals surface area contributed by atoms with E-state index in [1.54, 1.807) is 19.1 Å². The van der Waals surface area contributed by atoms with Gasteiger partial charge in [-0.3, -0.25) is 0 Å². The minimum atomic E-state index is -0.549. The third-order valence-corrected chi connectivity index (χ3v) is 2.53. The lowest BCUT2D eigenvalue weighted by molar-refractivity contribution is 0.0460. The van der Waals surface area contributed by atoms with Crippen LogP contribution in [0.3, 0.4) is 0 Å². The number of anilines is 1. The minimum Gasteiger partial charge on any atom is -0.496 e. The monoisotopic (exact) mass is 263 g/mol. The molecule has 0 radical (unpaired) electrons. The van der Waals surface area contributed by atoms with E-state index in [0.29, 0.717) is 22.8 Å². The number of aromatic nitrogens is 2. The van der Waals surface area contributed by atoms with E-state index in [9.17, 15) is 4.79 Å². The van der Waals surface area contributed by atoms with Gasteiger partial charge < -0.3 is 15.2 Å². The number of carbonyl (C=O) groups is 1. The number of rotatable bonds is 4. The van der Waals surface area contributed by atoms with Crippen LogP contribution in [0.5, 0.6) is 5.75 Å². The maximum atomic E-state index is 11.9. The molecule has 0 amide bonds. The molecule has 0 saturated heterocycles. The van der Waals surface area contributed by atoms with Gasteiger partial charge >= 0.3 is 5.97 Å². The summed E-state index contributed by atoms with van der Waals surface area (Å²) in [5, 5.41) is 7.22. The van der Waals surface area contributed by atoms with E-state index < -0.39 is 5.97 Å². The third-order valence-electron chi connectivity index (χ3n) is 2.53. The number of hydrogen-bond donors (Lipinski definition) is 1. The SMILES string of the molecule is COc1ccc(N)cc1C(=O)OCc1nonc1C. The molecule has 2 aromatic rings. The molecule has 2 N–H and O–H groups in total. The fourth-order valence-corrected chi connectivity index (χ4v) is 1.48. The molecule has 7 heteroatoms. The van der Waals surface area contributed by atoms with Crippen LogP contribution in [0.25, 0.3) is 0 Å². The Morgan fingerprint density at radius 3 is 2.84 bits per heavy atom. The summed E-state index contributed by atoms with van der Waals surface area (Å²) in [6.45, 7) is 1.69. The van der Waals surface area contributed by atoms with Crippen LogP contribution in [0.1, 0.15) is 21.7 Å². The summed E-state index contributed by atoms with van der Waals surface area (Å²) in [5.74, 6) is -0.152. The number of carbonyl (C=O) groups excluding carboxylic acids is 1. The van der Waals surface area contributed by atoms with Gasteiger partial charge in [0.25, 0.3) is 0 Å². The van der Waals surface area contributed by atoms with Crippen molar-refractivity contribution in [3.8, 4) is 5.75 Å². The molecular weight excluding hydrogens is 250 g/mol. The van der Waals surface area contributed by atoms with Crippen molar-refractivity contribution < 1.29 is 18.9 Å². The van der Waals surface area contributed by atoms with Crippen LogP contribution in [0, 0.1) is 6.92 Å². The Labute approximate surface area is 109 Å². The zero-order chi connectivity index (χ0) is 13.8. The quantitative estimate of drug-likeness (QED) is 0.655. The fraction of sp³-hybridized carbons (Fsp3) is 0.250. The van der Waals surface area contributed by atoms with Crippen molar-refractivity contribution in [2.24, 2.45) is 0 Å². The molecule has 1 aromatic carbocycles. The Morgan fingerprint density at radius 1 is 1.42 bits per heavy atom. The predicted molar refractivity (Wildman–Crippen MR) is 65.6 cm³/mol. The second-order valence-electron chi connectivity index (χ2n) is 3.83. The molecule has 0 aliphatic carbocycles. The molecule has 19 heavy (non-hydrogen) atoms. The average molecular weight is 263 g/mol. The summed E-state index contributed by atoms with van der Waals surface area (Å²) in [6.07, 6.45) is 0. The number of hydrogen-bond acceptors (Lipinski definition) is 7. The van der Waals surface area contributed by atoms with Crippen LogP contribution >= 0.6 is 0 Å². The Balaban J connectivity index is 2.12. The molecule has 7 nitrogen and oxygen atoms in total. The Bertz CT molecular complexity index is 594. The smallest absolute Gasteiger partial charge is 0.342 e. The molecule has 0 unspecified atom stereocenters. The summed E-state index contributed by atoms with van der Waals surface area (Å²) in [5.41, 5.74) is 7.39. The van der Waals surface area contributed by atoms with Crippen LogP contribution in [-0.2, 0) is 11.3 Å². The van der Waals surface area contributed by atoms with Gasteiger partial charge in [-0.15, -0.1) is 0 Å². The van der Waals surface area contributed by atoms with E-state index >= 15 is 0 Å². The van der Waals surface area contributed by atoms with Gasteiger partial charge in [-0.25, -0.2) is 9.42 Å². The molecule has 0 atom stereocenters. The van der Waals surface area contributed by atoms with Gasteiger partial charge in [0.2, 0.25) is 0 Å². The van der Waals surface area contributed by atoms with E-state index in [1.807, 2.05) is 0 Å². The van der Waals surface area contributed by atoms with Crippen molar-refractivity contribution in [1.29, 1.82) is 0 Å². The molecule has 0 fully saturated rings. The second kappa shape index (κ2) is 5.38. The van der Waals surface area contributed by atoms with Gasteiger partial charge in [0.05, 0.1) is 7.11 Å². The maximum Gasteiger partial charge on any atom is 0.342 e. The lowest BCUT2D eigenvalue weighted by Crippen LogP contribution is -2.08. The van der Waals surface area contributed by atoms with Gasteiger partial charge in [-0.1, -0.05) is 10.3 Å². The Hall–Kier alpha value is -2.57. The molecule has 0 bridgehead atoms. The van der Waals surface area contributed by atoms with Crippen molar-refractivity contribution >= 4 is 11.7 Å². The molecule has 1 heterocycles. The highest BCUT2D eigenvalue weighted by Gasteiger charge is 2.16. The van der Waals surface area contributed by atoms with E-state index in [-0.39, 0.29) is 12.2 Å². The zero-order valence-corrected chi connectivity index (χ0v) is 10.5. The first kappa shape index (κ1) is 12.9. The topological polar surface area (TPSA) is 100 Å². The first-order chi connectivity index (χ1) is 9.11. The van der Waals surface area contributed by atoms with Crippen LogP contribution < -0.4 is 10.5 Å². The number of ether oxygens (including phenoxy) is 2. The number of benzene rings is 1. The molecule has 0 aliphatic rings. The first-order valence-corrected chi connectivity index (χ1v) is 5.50. The van der Waals surface area contributed by atoms with Crippen LogP contribution in [-0.4, -0.2) is 23.4 Å². The first-order valence-electron chi connectivity index (χ1n) is 5.50. The number of nitrogen functional groups attached to an aromatic ring is 1. The Morgan fingerprint density at radius 2 is 2.21 bits per heavy atom. The highest BCUT2D eigenvalue weighted by Crippen LogP contribution is 2.22. The highest BCUT2D eigenvalue weighted by atomic mass is 16.6. The van der Waals surface area contributed by atoms with Gasteiger partial charge in [0, 0.05) is 5.69 Å². The lowest BCUT2D eigenvalue weighted by Gasteiger charge is -2.08. The predicted octanol–water partition coefficient (Wildman–Crippen LogP) is 1.33. The zero-order valence-electron chi connectivity index (χ0n) is 10.5. The second-order valence-corrected chi connectivity index (χ2v) is 3.83. The average Bonchev–Trinajstić information content (AvgIpc) is 2.81. The number of methoxy groups -OCH3 is 1. The Kier molecular flexibility index (Phi) is 3.65. The van der Waals surface area contributed by atoms with Crippen LogP contribution in [0.4, 0.5) is 5.69 Å². The summed E-state index contributed by atoms with van der Waals surface area (Å²) in [6, 6.07) is 4.74. The number of nitrogens with two attached hydrogens (primary N) is 1. The molecule has 0 spiro atoms. The maximum absolute atomic E-state index is 11.9. The molecule has 0 aliphatic heterocycles. The number of aryl methyl sites for hydroxylation is 1. The van der Waals surface area contributed by atoms with E-state index in [2.05, 4.69) is 14.9 Å². The van der Waals surface area contributed by atoms with Crippen LogP contribution in [0.2, 0.25) is 0 Å². The minimum absolute atomic E-state index is 0.0217. The normalized spacial score (nSPS) is 10.2. The van der Waals surface area contributed by atoms with E-state index in [1.165, 1.54) is 13.2 Å². The molecule has 100 valence electrons. The molecular formula is C12H13N3O4. The third kappa shape index (κ3) is 2.82. The summed E-state index contributed by atoms with van der Waals surface area (Å²) < 4.78 is 14.7. The summed E-state index contributed by atoms with van der Waals surface area (Å²) in [4.78, 5) is 11.9. The molecule has 0 saturated carbocycles. The van der Waals surface area contributed by atoms with Gasteiger partial charge in [-0.2, -0.15) is 0 Å². The number of nitrogens with zero attached hydrogens (tertiary/aromatic N) is 2. The van der Waals surface area contributed by atoms with Crippen molar-refractivity contribution in [3.05, 3.63) is 35.2 Å². The van der Waals surface area contributed by atoms with Gasteiger partial charge in [0.1, 0.15) is 29.3 Å². The van der Waals surface area contributed by atoms with E-state index in [4.69, 9.17) is 15.2 Å². The van der Waals surface area contributed by atoms with E-state index in [0.717, 1.165) is 0 Å². The summed E-state index contributed by atoms with van der Waals surface area (Å²) in [7, 11) is 1.47. The van der Waals surface area contributed by atoms with Crippen molar-refractivity contribution in [2.75, 3.05) is 12.8 Å². The standard InChI is InChI=1S/C12H13N3O4/c1-7-10(15-19-14-7)6-18-12(16)9-5-8(13)3-4-11(9)17-2/h3-5H,6,13H2,1-2H3. The summed E-state index contributed by atoms with van der Waals surface area (Å²) >= 11 is 0. The van der Waals surface area contributed by atoms with Crippen molar-refractivity contribution in [3.63, 3.8) is 0 Å². The highest BCUT2D eigenvalue weighted by molar-refractivity contribution is 5.93. The molecule has 2 rings (SSSR count). The molecule has 1 aromatic heterocycles. The van der Waals surface area contributed by atoms with Gasteiger partial charge in [0.15, 0.2) is 0 Å². The lowest BCUT2D eigenvalue weighted by atomic mass is 10.2. The fourth-order valence-electron chi connectivity index (χ4n) is 1.48. The van der Waals surface area contributed by atoms with Crippen LogP contribution in [0.15, 0.2) is 22.8 Å². The number of esters is 1. The largest absolute Gasteiger partial charge is 0.496 e.